The number of carboxylic acids is 1. The van der Waals surface area contributed by atoms with Gasteiger partial charge in [-0.05, 0) is 12.8 Å². The molecule has 10 heavy (non-hydrogen) atoms. The van der Waals surface area contributed by atoms with Crippen LogP contribution >= 0.6 is 0 Å². The number of hydrogen-bond donors (Lipinski definition) is 2. The van der Waals surface area contributed by atoms with E-state index in [1.165, 1.54) is 6.42 Å². The van der Waals surface area contributed by atoms with E-state index in [1.54, 1.807) is 0 Å². The zero-order valence-electron chi connectivity index (χ0n) is 5.76. The zero-order chi connectivity index (χ0) is 7.19. The molecule has 3 nitrogen and oxygen atoms in total. The van der Waals surface area contributed by atoms with Crippen molar-refractivity contribution >= 4 is 5.97 Å². The summed E-state index contributed by atoms with van der Waals surface area (Å²) in [6, 6.07) is -0.235. The average Bonchev–Trinajstić information content (AvgIpc) is 1.53. The second-order valence-corrected chi connectivity index (χ2v) is 3.37. The summed E-state index contributed by atoms with van der Waals surface area (Å²) in [5.41, 5.74) is 0.172. The van der Waals surface area contributed by atoms with Crippen molar-refractivity contribution in [1.82, 2.24) is 5.32 Å². The van der Waals surface area contributed by atoms with Crippen LogP contribution in [0.15, 0.2) is 0 Å². The fraction of sp³-hybridized carbons (Fsp3) is 0.857. The van der Waals surface area contributed by atoms with E-state index in [4.69, 9.17) is 5.11 Å². The number of hydrogen-bond acceptors (Lipinski definition) is 2. The Balaban J connectivity index is 2.05. The van der Waals surface area contributed by atoms with Crippen molar-refractivity contribution < 1.29 is 9.90 Å². The highest BCUT2D eigenvalue weighted by atomic mass is 16.4. The van der Waals surface area contributed by atoms with Gasteiger partial charge in [-0.25, -0.2) is 0 Å². The first-order valence-corrected chi connectivity index (χ1v) is 3.71. The summed E-state index contributed by atoms with van der Waals surface area (Å²) in [6.45, 7) is 0.921. The van der Waals surface area contributed by atoms with Crippen LogP contribution in [0, 0.1) is 5.41 Å². The molecule has 1 saturated heterocycles. The fourth-order valence-corrected chi connectivity index (χ4v) is 1.94. The Morgan fingerprint density at radius 1 is 1.60 bits per heavy atom. The average molecular weight is 141 g/mol. The monoisotopic (exact) mass is 141 g/mol. The Morgan fingerprint density at radius 3 is 2.40 bits per heavy atom. The third-order valence-electron chi connectivity index (χ3n) is 2.87. The van der Waals surface area contributed by atoms with Gasteiger partial charge in [0, 0.05) is 12.0 Å². The highest BCUT2D eigenvalue weighted by Crippen LogP contribution is 2.48. The molecule has 0 unspecified atom stereocenters. The Hall–Kier alpha value is -0.570. The predicted octanol–water partition coefficient (Wildman–Crippen LogP) is 0.213. The summed E-state index contributed by atoms with van der Waals surface area (Å²) in [7, 11) is 0. The highest BCUT2D eigenvalue weighted by Gasteiger charge is 2.54. The van der Waals surface area contributed by atoms with E-state index in [1.807, 2.05) is 0 Å². The van der Waals surface area contributed by atoms with E-state index in [2.05, 4.69) is 5.32 Å². The minimum absolute atomic E-state index is 0.172. The molecule has 0 radical (unpaired) electrons. The summed E-state index contributed by atoms with van der Waals surface area (Å²) < 4.78 is 0. The number of carboxylic acid groups (broad SMARTS) is 1. The largest absolute Gasteiger partial charge is 0.480 e. The van der Waals surface area contributed by atoms with Gasteiger partial charge in [0.05, 0.1) is 0 Å². The number of carbonyl (C=O) groups is 1. The molecule has 2 N–H and O–H groups in total. The molecule has 56 valence electrons. The Labute approximate surface area is 59.4 Å². The molecule has 1 aliphatic heterocycles. The maximum atomic E-state index is 10.5. The molecule has 0 aromatic heterocycles. The van der Waals surface area contributed by atoms with Crippen LogP contribution in [-0.2, 0) is 4.79 Å². The summed E-state index contributed by atoms with van der Waals surface area (Å²) in [6.07, 6.45) is 3.43. The van der Waals surface area contributed by atoms with Crippen molar-refractivity contribution in [3.05, 3.63) is 0 Å². The Kier molecular flexibility index (Phi) is 1.06. The lowest BCUT2D eigenvalue weighted by Crippen LogP contribution is -2.68. The van der Waals surface area contributed by atoms with Crippen LogP contribution in [0.5, 0.6) is 0 Å². The lowest BCUT2D eigenvalue weighted by atomic mass is 9.59. The van der Waals surface area contributed by atoms with Gasteiger partial charge in [0.1, 0.15) is 6.04 Å². The maximum Gasteiger partial charge on any atom is 0.321 e. The number of nitrogens with one attached hydrogen (secondary N) is 1. The molecule has 0 amide bonds. The van der Waals surface area contributed by atoms with Gasteiger partial charge in [0.2, 0.25) is 0 Å². The number of rotatable bonds is 1. The molecule has 3 heteroatoms. The molecule has 1 saturated carbocycles. The van der Waals surface area contributed by atoms with Gasteiger partial charge in [-0.1, -0.05) is 6.42 Å². The minimum Gasteiger partial charge on any atom is -0.480 e. The van der Waals surface area contributed by atoms with Crippen LogP contribution in [0.2, 0.25) is 0 Å². The van der Waals surface area contributed by atoms with Crippen LogP contribution in [-0.4, -0.2) is 23.7 Å². The zero-order valence-corrected chi connectivity index (χ0v) is 5.76. The SMILES string of the molecule is O=C(O)[C@@H]1NCC12CCC2. The topological polar surface area (TPSA) is 49.3 Å². The second kappa shape index (κ2) is 1.72. The molecule has 2 rings (SSSR count). The minimum atomic E-state index is -0.675. The van der Waals surface area contributed by atoms with E-state index in [-0.39, 0.29) is 11.5 Å². The molecule has 2 fully saturated rings. The standard InChI is InChI=1S/C7H11NO2/c9-6(10)5-7(4-8-5)2-1-3-7/h5,8H,1-4H2,(H,9,10)/t5-/m0/s1. The molecule has 1 aliphatic carbocycles. The third kappa shape index (κ3) is 0.560. The van der Waals surface area contributed by atoms with Crippen LogP contribution in [0.4, 0.5) is 0 Å². The lowest BCUT2D eigenvalue weighted by Gasteiger charge is -2.54. The maximum absolute atomic E-state index is 10.5. The van der Waals surface area contributed by atoms with E-state index < -0.39 is 5.97 Å². The molecule has 0 bridgehead atoms. The van der Waals surface area contributed by atoms with Gasteiger partial charge in [-0.2, -0.15) is 0 Å². The Morgan fingerprint density at radius 2 is 2.30 bits per heavy atom. The van der Waals surface area contributed by atoms with Crippen molar-refractivity contribution in [2.75, 3.05) is 6.54 Å². The molecule has 0 aromatic carbocycles. The highest BCUT2D eigenvalue weighted by molar-refractivity contribution is 5.76. The summed E-state index contributed by atoms with van der Waals surface area (Å²) in [5.74, 6) is -0.675. The predicted molar refractivity (Wildman–Crippen MR) is 35.7 cm³/mol. The fourth-order valence-electron chi connectivity index (χ4n) is 1.94. The second-order valence-electron chi connectivity index (χ2n) is 3.37. The molecule has 1 spiro atoms. The smallest absolute Gasteiger partial charge is 0.321 e. The van der Waals surface area contributed by atoms with Gasteiger partial charge in [0.25, 0.3) is 0 Å². The number of aliphatic carboxylic acids is 1. The van der Waals surface area contributed by atoms with Crippen molar-refractivity contribution in [3.63, 3.8) is 0 Å². The summed E-state index contributed by atoms with van der Waals surface area (Å²) in [4.78, 5) is 10.5. The first kappa shape index (κ1) is 6.16. The van der Waals surface area contributed by atoms with E-state index in [9.17, 15) is 4.79 Å². The van der Waals surface area contributed by atoms with Crippen molar-refractivity contribution in [2.24, 2.45) is 5.41 Å². The van der Waals surface area contributed by atoms with Crippen LogP contribution in [0.1, 0.15) is 19.3 Å². The van der Waals surface area contributed by atoms with Crippen LogP contribution in [0.25, 0.3) is 0 Å². The van der Waals surface area contributed by atoms with Crippen molar-refractivity contribution in [3.8, 4) is 0 Å². The van der Waals surface area contributed by atoms with E-state index >= 15 is 0 Å². The van der Waals surface area contributed by atoms with Gasteiger partial charge in [0.15, 0.2) is 0 Å². The molecular weight excluding hydrogens is 130 g/mol. The van der Waals surface area contributed by atoms with Gasteiger partial charge in [-0.15, -0.1) is 0 Å². The first-order chi connectivity index (χ1) is 4.75. The molecular formula is C7H11NO2. The quantitative estimate of drug-likeness (QED) is 0.549. The summed E-state index contributed by atoms with van der Waals surface area (Å²) in [5, 5.41) is 11.6. The Bertz CT molecular complexity index is 169. The van der Waals surface area contributed by atoms with Gasteiger partial charge in [-0.3, -0.25) is 4.79 Å². The molecule has 1 heterocycles. The first-order valence-electron chi connectivity index (χ1n) is 3.71. The van der Waals surface area contributed by atoms with Gasteiger partial charge >= 0.3 is 5.97 Å². The van der Waals surface area contributed by atoms with E-state index in [0.717, 1.165) is 19.4 Å². The van der Waals surface area contributed by atoms with Crippen LogP contribution < -0.4 is 5.32 Å². The van der Waals surface area contributed by atoms with Crippen molar-refractivity contribution in [1.29, 1.82) is 0 Å². The van der Waals surface area contributed by atoms with E-state index in [0.29, 0.717) is 0 Å². The van der Waals surface area contributed by atoms with Crippen molar-refractivity contribution in [2.45, 2.75) is 25.3 Å². The molecule has 2 aliphatic rings. The molecule has 1 atom stereocenters. The normalized spacial score (nSPS) is 34.6. The third-order valence-corrected chi connectivity index (χ3v) is 2.87. The van der Waals surface area contributed by atoms with Crippen LogP contribution in [0.3, 0.4) is 0 Å². The summed E-state index contributed by atoms with van der Waals surface area (Å²) >= 11 is 0. The lowest BCUT2D eigenvalue weighted by molar-refractivity contribution is -0.152. The van der Waals surface area contributed by atoms with Gasteiger partial charge < -0.3 is 10.4 Å². The molecule has 0 aromatic rings.